The molecule has 0 saturated heterocycles. The molecule has 0 radical (unpaired) electrons. The standard InChI is InChI=1S/C17H15N3OS/c1-11-3-4-14(9-12(11)2)15-10-22-17(19-15)20-16(21)13-5-7-18-8-6-13/h3-10H,1-2H3,(H,19,20,21). The third kappa shape index (κ3) is 3.04. The van der Waals surface area contributed by atoms with E-state index in [1.165, 1.54) is 22.5 Å². The summed E-state index contributed by atoms with van der Waals surface area (Å²) in [5, 5.41) is 5.36. The molecule has 0 aliphatic carbocycles. The molecular formula is C17H15N3OS. The molecule has 3 rings (SSSR count). The minimum Gasteiger partial charge on any atom is -0.298 e. The van der Waals surface area contributed by atoms with Crippen LogP contribution in [0.5, 0.6) is 0 Å². The molecule has 3 aromatic rings. The molecule has 2 aromatic heterocycles. The third-order valence-electron chi connectivity index (χ3n) is 3.47. The van der Waals surface area contributed by atoms with Crippen molar-refractivity contribution < 1.29 is 4.79 Å². The van der Waals surface area contributed by atoms with E-state index in [1.54, 1.807) is 24.5 Å². The number of carbonyl (C=O) groups is 1. The molecule has 1 amide bonds. The second kappa shape index (κ2) is 6.07. The van der Waals surface area contributed by atoms with Gasteiger partial charge in [-0.3, -0.25) is 15.1 Å². The van der Waals surface area contributed by atoms with Crippen molar-refractivity contribution in [3.63, 3.8) is 0 Å². The Labute approximate surface area is 132 Å². The fourth-order valence-electron chi connectivity index (χ4n) is 2.04. The molecule has 1 aromatic carbocycles. The van der Waals surface area contributed by atoms with Gasteiger partial charge in [0, 0.05) is 28.9 Å². The Bertz CT molecular complexity index is 812. The Kier molecular flexibility index (Phi) is 3.98. The van der Waals surface area contributed by atoms with Crippen molar-refractivity contribution in [2.24, 2.45) is 0 Å². The Hall–Kier alpha value is -2.53. The van der Waals surface area contributed by atoms with E-state index in [0.717, 1.165) is 11.3 Å². The number of carbonyl (C=O) groups excluding carboxylic acids is 1. The molecule has 0 aliphatic rings. The summed E-state index contributed by atoms with van der Waals surface area (Å²) in [4.78, 5) is 20.5. The SMILES string of the molecule is Cc1ccc(-c2csc(NC(=O)c3ccncc3)n2)cc1C. The van der Waals surface area contributed by atoms with Gasteiger partial charge in [-0.05, 0) is 43.2 Å². The smallest absolute Gasteiger partial charge is 0.257 e. The van der Waals surface area contributed by atoms with E-state index in [-0.39, 0.29) is 5.91 Å². The van der Waals surface area contributed by atoms with E-state index in [1.807, 2.05) is 11.4 Å². The summed E-state index contributed by atoms with van der Waals surface area (Å²) in [5.74, 6) is -0.177. The number of pyridine rings is 1. The first-order valence-corrected chi connectivity index (χ1v) is 7.76. The van der Waals surface area contributed by atoms with Gasteiger partial charge >= 0.3 is 0 Å². The molecule has 4 nitrogen and oxygen atoms in total. The van der Waals surface area contributed by atoms with Crippen molar-refractivity contribution in [1.82, 2.24) is 9.97 Å². The highest BCUT2D eigenvalue weighted by Crippen LogP contribution is 2.26. The summed E-state index contributed by atoms with van der Waals surface area (Å²) in [5.41, 5.74) is 4.98. The lowest BCUT2D eigenvalue weighted by Gasteiger charge is -2.03. The first-order chi connectivity index (χ1) is 10.6. The van der Waals surface area contributed by atoms with Crippen molar-refractivity contribution >= 4 is 22.4 Å². The zero-order valence-electron chi connectivity index (χ0n) is 12.3. The lowest BCUT2D eigenvalue weighted by molar-refractivity contribution is 0.102. The molecule has 110 valence electrons. The number of nitrogens with zero attached hydrogens (tertiary/aromatic N) is 2. The topological polar surface area (TPSA) is 54.9 Å². The van der Waals surface area contributed by atoms with Crippen LogP contribution in [-0.4, -0.2) is 15.9 Å². The molecule has 0 atom stereocenters. The van der Waals surface area contributed by atoms with Gasteiger partial charge in [-0.25, -0.2) is 4.98 Å². The van der Waals surface area contributed by atoms with Crippen LogP contribution in [0.3, 0.4) is 0 Å². The molecular weight excluding hydrogens is 294 g/mol. The molecule has 22 heavy (non-hydrogen) atoms. The number of hydrogen-bond donors (Lipinski definition) is 1. The normalized spacial score (nSPS) is 10.5. The van der Waals surface area contributed by atoms with Gasteiger partial charge in [0.1, 0.15) is 0 Å². The average molecular weight is 309 g/mol. The minimum atomic E-state index is -0.177. The van der Waals surface area contributed by atoms with Gasteiger partial charge in [0.05, 0.1) is 5.69 Å². The van der Waals surface area contributed by atoms with Crippen LogP contribution in [0.15, 0.2) is 48.1 Å². The summed E-state index contributed by atoms with van der Waals surface area (Å²) >= 11 is 1.42. The first kappa shape index (κ1) is 14.4. The van der Waals surface area contributed by atoms with Crippen LogP contribution in [0.2, 0.25) is 0 Å². The molecule has 0 aliphatic heterocycles. The molecule has 5 heteroatoms. The van der Waals surface area contributed by atoms with E-state index < -0.39 is 0 Å². The first-order valence-electron chi connectivity index (χ1n) is 6.88. The monoisotopic (exact) mass is 309 g/mol. The van der Waals surface area contributed by atoms with Crippen LogP contribution in [0.1, 0.15) is 21.5 Å². The Balaban J connectivity index is 1.79. The van der Waals surface area contributed by atoms with E-state index in [4.69, 9.17) is 0 Å². The van der Waals surface area contributed by atoms with Crippen LogP contribution < -0.4 is 5.32 Å². The Morgan fingerprint density at radius 1 is 1.09 bits per heavy atom. The van der Waals surface area contributed by atoms with E-state index in [9.17, 15) is 4.79 Å². The number of hydrogen-bond acceptors (Lipinski definition) is 4. The fourth-order valence-corrected chi connectivity index (χ4v) is 2.75. The van der Waals surface area contributed by atoms with E-state index in [0.29, 0.717) is 10.7 Å². The van der Waals surface area contributed by atoms with E-state index in [2.05, 4.69) is 41.3 Å². The van der Waals surface area contributed by atoms with Gasteiger partial charge in [-0.2, -0.15) is 0 Å². The number of nitrogens with one attached hydrogen (secondary N) is 1. The largest absolute Gasteiger partial charge is 0.298 e. The zero-order chi connectivity index (χ0) is 15.5. The van der Waals surface area contributed by atoms with Crippen LogP contribution in [0, 0.1) is 13.8 Å². The van der Waals surface area contributed by atoms with Crippen LogP contribution >= 0.6 is 11.3 Å². The molecule has 0 unspecified atom stereocenters. The summed E-state index contributed by atoms with van der Waals surface area (Å²) in [6.07, 6.45) is 3.19. The molecule has 0 spiro atoms. The van der Waals surface area contributed by atoms with E-state index >= 15 is 0 Å². The number of aromatic nitrogens is 2. The fraction of sp³-hybridized carbons (Fsp3) is 0.118. The highest BCUT2D eigenvalue weighted by atomic mass is 32.1. The summed E-state index contributed by atoms with van der Waals surface area (Å²) in [6.45, 7) is 4.16. The molecule has 2 heterocycles. The summed E-state index contributed by atoms with van der Waals surface area (Å²) in [6, 6.07) is 9.59. The van der Waals surface area contributed by atoms with Crippen molar-refractivity contribution in [1.29, 1.82) is 0 Å². The number of thiazole rings is 1. The predicted octanol–water partition coefficient (Wildman–Crippen LogP) is 4.07. The Morgan fingerprint density at radius 2 is 1.86 bits per heavy atom. The number of aryl methyl sites for hydroxylation is 2. The second-order valence-corrected chi connectivity index (χ2v) is 5.89. The van der Waals surface area contributed by atoms with Crippen molar-refractivity contribution in [3.8, 4) is 11.3 Å². The highest BCUT2D eigenvalue weighted by molar-refractivity contribution is 7.14. The van der Waals surface area contributed by atoms with Crippen molar-refractivity contribution in [2.45, 2.75) is 13.8 Å². The average Bonchev–Trinajstić information content (AvgIpc) is 2.99. The minimum absolute atomic E-state index is 0.177. The number of benzene rings is 1. The molecule has 0 saturated carbocycles. The van der Waals surface area contributed by atoms with Gasteiger partial charge in [0.15, 0.2) is 5.13 Å². The molecule has 1 N–H and O–H groups in total. The maximum absolute atomic E-state index is 12.1. The maximum atomic E-state index is 12.1. The lowest BCUT2D eigenvalue weighted by Crippen LogP contribution is -2.11. The zero-order valence-corrected chi connectivity index (χ0v) is 13.1. The van der Waals surface area contributed by atoms with Gasteiger partial charge in [0.25, 0.3) is 5.91 Å². The maximum Gasteiger partial charge on any atom is 0.257 e. The quantitative estimate of drug-likeness (QED) is 0.793. The van der Waals surface area contributed by atoms with Gasteiger partial charge < -0.3 is 0 Å². The highest BCUT2D eigenvalue weighted by Gasteiger charge is 2.10. The van der Waals surface area contributed by atoms with Gasteiger partial charge in [0.2, 0.25) is 0 Å². The second-order valence-electron chi connectivity index (χ2n) is 5.03. The van der Waals surface area contributed by atoms with Crippen LogP contribution in [0.25, 0.3) is 11.3 Å². The third-order valence-corrected chi connectivity index (χ3v) is 4.23. The van der Waals surface area contributed by atoms with Gasteiger partial charge in [-0.15, -0.1) is 11.3 Å². The number of amides is 1. The van der Waals surface area contributed by atoms with Crippen molar-refractivity contribution in [3.05, 3.63) is 64.8 Å². The summed E-state index contributed by atoms with van der Waals surface area (Å²) < 4.78 is 0. The number of rotatable bonds is 3. The van der Waals surface area contributed by atoms with Gasteiger partial charge in [-0.1, -0.05) is 12.1 Å². The lowest BCUT2D eigenvalue weighted by atomic mass is 10.1. The Morgan fingerprint density at radius 3 is 2.59 bits per heavy atom. The summed E-state index contributed by atoms with van der Waals surface area (Å²) in [7, 11) is 0. The molecule has 0 fully saturated rings. The predicted molar refractivity (Wildman–Crippen MR) is 89.2 cm³/mol. The van der Waals surface area contributed by atoms with Crippen LogP contribution in [0.4, 0.5) is 5.13 Å². The molecule has 0 bridgehead atoms. The number of anilines is 1. The van der Waals surface area contributed by atoms with Crippen molar-refractivity contribution in [2.75, 3.05) is 5.32 Å². The van der Waals surface area contributed by atoms with Crippen LogP contribution in [-0.2, 0) is 0 Å².